The van der Waals surface area contributed by atoms with E-state index in [0.29, 0.717) is 23.5 Å². The van der Waals surface area contributed by atoms with Crippen molar-refractivity contribution in [3.8, 4) is 5.75 Å². The Morgan fingerprint density at radius 1 is 1.10 bits per heavy atom. The molecule has 1 saturated carbocycles. The van der Waals surface area contributed by atoms with Gasteiger partial charge in [-0.15, -0.1) is 0 Å². The van der Waals surface area contributed by atoms with E-state index in [1.54, 1.807) is 0 Å². The zero-order valence-corrected chi connectivity index (χ0v) is 12.0. The van der Waals surface area contributed by atoms with Gasteiger partial charge < -0.3 is 4.74 Å². The van der Waals surface area contributed by atoms with Crippen molar-refractivity contribution in [2.75, 3.05) is 0 Å². The van der Waals surface area contributed by atoms with Gasteiger partial charge in [-0.05, 0) is 31.0 Å². The number of benzene rings is 1. The molecule has 0 spiro atoms. The predicted octanol–water partition coefficient (Wildman–Crippen LogP) is 4.37. The summed E-state index contributed by atoms with van der Waals surface area (Å²) in [5.41, 5.74) is 1.06. The standard InChI is InChI=1S/C16H17ClN2O/c17-15-10-14(12-6-4-5-7-12)18-16(19-15)11-20-13-8-2-1-3-9-13/h1-3,8-10,12H,4-7,11H2. The quantitative estimate of drug-likeness (QED) is 0.784. The Morgan fingerprint density at radius 2 is 1.85 bits per heavy atom. The first-order valence-electron chi connectivity index (χ1n) is 7.02. The monoisotopic (exact) mass is 288 g/mol. The molecule has 104 valence electrons. The number of nitrogens with zero attached hydrogens (tertiary/aromatic N) is 2. The fourth-order valence-corrected chi connectivity index (χ4v) is 2.85. The summed E-state index contributed by atoms with van der Waals surface area (Å²) in [6, 6.07) is 11.6. The third-order valence-corrected chi connectivity index (χ3v) is 3.84. The molecule has 20 heavy (non-hydrogen) atoms. The van der Waals surface area contributed by atoms with Gasteiger partial charge in [0.15, 0.2) is 5.82 Å². The molecule has 0 saturated heterocycles. The largest absolute Gasteiger partial charge is 0.486 e. The van der Waals surface area contributed by atoms with Gasteiger partial charge in [0.25, 0.3) is 0 Å². The zero-order valence-electron chi connectivity index (χ0n) is 11.3. The Kier molecular flexibility index (Phi) is 4.16. The average Bonchev–Trinajstić information content (AvgIpc) is 3.00. The smallest absolute Gasteiger partial charge is 0.167 e. The summed E-state index contributed by atoms with van der Waals surface area (Å²) in [5.74, 6) is 2.01. The van der Waals surface area contributed by atoms with E-state index in [1.807, 2.05) is 36.4 Å². The van der Waals surface area contributed by atoms with Crippen molar-refractivity contribution >= 4 is 11.6 Å². The molecule has 1 aliphatic carbocycles. The third kappa shape index (κ3) is 3.28. The highest BCUT2D eigenvalue weighted by Gasteiger charge is 2.19. The normalized spacial score (nSPS) is 15.4. The van der Waals surface area contributed by atoms with Crippen molar-refractivity contribution in [1.29, 1.82) is 0 Å². The van der Waals surface area contributed by atoms with Crippen LogP contribution in [-0.4, -0.2) is 9.97 Å². The summed E-state index contributed by atoms with van der Waals surface area (Å²) in [6.45, 7) is 0.351. The second kappa shape index (κ2) is 6.23. The van der Waals surface area contributed by atoms with Crippen LogP contribution in [0.4, 0.5) is 0 Å². The molecule has 4 heteroatoms. The maximum absolute atomic E-state index is 6.10. The van der Waals surface area contributed by atoms with Crippen LogP contribution in [0.3, 0.4) is 0 Å². The molecule has 2 aromatic rings. The second-order valence-electron chi connectivity index (χ2n) is 5.11. The number of hydrogen-bond acceptors (Lipinski definition) is 3. The fraction of sp³-hybridized carbons (Fsp3) is 0.375. The van der Waals surface area contributed by atoms with Gasteiger partial charge in [-0.3, -0.25) is 0 Å². The van der Waals surface area contributed by atoms with Gasteiger partial charge in [-0.1, -0.05) is 42.6 Å². The lowest BCUT2D eigenvalue weighted by atomic mass is 10.0. The number of hydrogen-bond donors (Lipinski definition) is 0. The minimum Gasteiger partial charge on any atom is -0.486 e. The van der Waals surface area contributed by atoms with Crippen LogP contribution in [0.15, 0.2) is 36.4 Å². The molecule has 1 fully saturated rings. The molecule has 0 radical (unpaired) electrons. The van der Waals surface area contributed by atoms with Gasteiger partial charge in [0.05, 0.1) is 0 Å². The van der Waals surface area contributed by atoms with E-state index in [0.717, 1.165) is 11.4 Å². The second-order valence-corrected chi connectivity index (χ2v) is 5.50. The van der Waals surface area contributed by atoms with Crippen LogP contribution >= 0.6 is 11.6 Å². The van der Waals surface area contributed by atoms with Crippen LogP contribution in [0.2, 0.25) is 5.15 Å². The topological polar surface area (TPSA) is 35.0 Å². The van der Waals surface area contributed by atoms with Crippen molar-refractivity contribution in [3.05, 3.63) is 53.1 Å². The Labute approximate surface area is 124 Å². The molecule has 0 N–H and O–H groups in total. The van der Waals surface area contributed by atoms with Gasteiger partial charge in [0.1, 0.15) is 17.5 Å². The molecule has 1 aromatic carbocycles. The summed E-state index contributed by atoms with van der Waals surface area (Å²) in [4.78, 5) is 8.86. The van der Waals surface area contributed by atoms with E-state index in [9.17, 15) is 0 Å². The minimum atomic E-state index is 0.351. The summed E-state index contributed by atoms with van der Waals surface area (Å²) in [6.07, 6.45) is 4.96. The van der Waals surface area contributed by atoms with E-state index < -0.39 is 0 Å². The van der Waals surface area contributed by atoms with E-state index in [-0.39, 0.29) is 0 Å². The molecular formula is C16H17ClN2O. The minimum absolute atomic E-state index is 0.351. The van der Waals surface area contributed by atoms with Gasteiger partial charge >= 0.3 is 0 Å². The van der Waals surface area contributed by atoms with Crippen molar-refractivity contribution in [1.82, 2.24) is 9.97 Å². The summed E-state index contributed by atoms with van der Waals surface area (Å²) in [5, 5.41) is 0.508. The Hall–Kier alpha value is -1.61. The molecule has 1 heterocycles. The molecule has 3 nitrogen and oxygen atoms in total. The van der Waals surface area contributed by atoms with Gasteiger partial charge in [-0.25, -0.2) is 9.97 Å². The lowest BCUT2D eigenvalue weighted by molar-refractivity contribution is 0.295. The van der Waals surface area contributed by atoms with Crippen LogP contribution < -0.4 is 4.74 Å². The maximum Gasteiger partial charge on any atom is 0.167 e. The highest BCUT2D eigenvalue weighted by molar-refractivity contribution is 6.29. The molecular weight excluding hydrogens is 272 g/mol. The number of rotatable bonds is 4. The summed E-state index contributed by atoms with van der Waals surface area (Å²) < 4.78 is 5.68. The Bertz CT molecular complexity index is 568. The highest BCUT2D eigenvalue weighted by atomic mass is 35.5. The molecule has 1 aromatic heterocycles. The van der Waals surface area contributed by atoms with Crippen molar-refractivity contribution in [2.45, 2.75) is 38.2 Å². The van der Waals surface area contributed by atoms with E-state index in [4.69, 9.17) is 16.3 Å². The number of para-hydroxylation sites is 1. The third-order valence-electron chi connectivity index (χ3n) is 3.65. The van der Waals surface area contributed by atoms with Crippen LogP contribution in [0.1, 0.15) is 43.1 Å². The SMILES string of the molecule is Clc1cc(C2CCCC2)nc(COc2ccccc2)n1. The molecule has 0 amide bonds. The van der Waals surface area contributed by atoms with Crippen LogP contribution in [0, 0.1) is 0 Å². The van der Waals surface area contributed by atoms with E-state index in [1.165, 1.54) is 25.7 Å². The lowest BCUT2D eigenvalue weighted by Gasteiger charge is -2.11. The first kappa shape index (κ1) is 13.4. The molecule has 0 atom stereocenters. The lowest BCUT2D eigenvalue weighted by Crippen LogP contribution is -2.06. The van der Waals surface area contributed by atoms with Crippen LogP contribution in [0.5, 0.6) is 5.75 Å². The molecule has 1 aliphatic rings. The molecule has 0 aliphatic heterocycles. The van der Waals surface area contributed by atoms with Gasteiger partial charge in [-0.2, -0.15) is 0 Å². The van der Waals surface area contributed by atoms with Crippen molar-refractivity contribution < 1.29 is 4.74 Å². The zero-order chi connectivity index (χ0) is 13.8. The fourth-order valence-electron chi connectivity index (χ4n) is 2.64. The van der Waals surface area contributed by atoms with Gasteiger partial charge in [0, 0.05) is 11.6 Å². The summed E-state index contributed by atoms with van der Waals surface area (Å²) in [7, 11) is 0. The van der Waals surface area contributed by atoms with Crippen LogP contribution in [0.25, 0.3) is 0 Å². The number of aromatic nitrogens is 2. The first-order valence-corrected chi connectivity index (χ1v) is 7.40. The van der Waals surface area contributed by atoms with Crippen molar-refractivity contribution in [3.63, 3.8) is 0 Å². The first-order chi connectivity index (χ1) is 9.81. The van der Waals surface area contributed by atoms with E-state index >= 15 is 0 Å². The molecule has 0 bridgehead atoms. The van der Waals surface area contributed by atoms with E-state index in [2.05, 4.69) is 9.97 Å². The maximum atomic E-state index is 6.10. The predicted molar refractivity (Wildman–Crippen MR) is 79.0 cm³/mol. The average molecular weight is 289 g/mol. The Balaban J connectivity index is 1.72. The Morgan fingerprint density at radius 3 is 2.60 bits per heavy atom. The molecule has 3 rings (SSSR count). The number of halogens is 1. The highest BCUT2D eigenvalue weighted by Crippen LogP contribution is 2.33. The number of ether oxygens (including phenoxy) is 1. The van der Waals surface area contributed by atoms with Gasteiger partial charge in [0.2, 0.25) is 0 Å². The summed E-state index contributed by atoms with van der Waals surface area (Å²) >= 11 is 6.10. The molecule has 0 unspecified atom stereocenters. The van der Waals surface area contributed by atoms with Crippen molar-refractivity contribution in [2.24, 2.45) is 0 Å². The van der Waals surface area contributed by atoms with Crippen LogP contribution in [-0.2, 0) is 6.61 Å².